The normalized spacial score (nSPS) is 49.9. The van der Waals surface area contributed by atoms with Gasteiger partial charge in [-0.05, 0) is 56.4 Å². The number of hydrogen-bond donors (Lipinski definition) is 2. The van der Waals surface area contributed by atoms with Crippen molar-refractivity contribution in [2.24, 2.45) is 22.7 Å². The van der Waals surface area contributed by atoms with Crippen LogP contribution in [0.4, 0.5) is 0 Å². The topological polar surface area (TPSA) is 79.9 Å². The summed E-state index contributed by atoms with van der Waals surface area (Å²) in [5.74, 6) is -0.105. The van der Waals surface area contributed by atoms with Crippen molar-refractivity contribution in [1.29, 1.82) is 0 Å². The molecular weight excluding hydrogens is 320 g/mol. The first kappa shape index (κ1) is 17.1. The number of rotatable bonds is 1. The minimum Gasteiger partial charge on any atom is -0.472 e. The third-order valence-electron chi connectivity index (χ3n) is 7.93. The number of furan rings is 1. The van der Waals surface area contributed by atoms with Crippen molar-refractivity contribution in [3.05, 3.63) is 24.2 Å². The van der Waals surface area contributed by atoms with Crippen molar-refractivity contribution < 1.29 is 24.2 Å². The molecule has 0 bridgehead atoms. The molecule has 1 aliphatic heterocycles. The largest absolute Gasteiger partial charge is 0.472 e. The van der Waals surface area contributed by atoms with Crippen LogP contribution in [0.5, 0.6) is 0 Å². The van der Waals surface area contributed by atoms with E-state index in [-0.39, 0.29) is 29.3 Å². The summed E-state index contributed by atoms with van der Waals surface area (Å²) in [4.78, 5) is 12.8. The van der Waals surface area contributed by atoms with Crippen molar-refractivity contribution in [2.45, 2.75) is 70.7 Å². The number of esters is 1. The Morgan fingerprint density at radius 1 is 1.20 bits per heavy atom. The van der Waals surface area contributed by atoms with Gasteiger partial charge in [0.1, 0.15) is 6.10 Å². The van der Waals surface area contributed by atoms with Crippen LogP contribution < -0.4 is 0 Å². The van der Waals surface area contributed by atoms with Crippen molar-refractivity contribution in [3.8, 4) is 0 Å². The predicted molar refractivity (Wildman–Crippen MR) is 90.5 cm³/mol. The van der Waals surface area contributed by atoms with Gasteiger partial charge in [-0.25, -0.2) is 0 Å². The fraction of sp³-hybridized carbons (Fsp3) is 0.750. The van der Waals surface area contributed by atoms with Gasteiger partial charge in [-0.1, -0.05) is 13.8 Å². The summed E-state index contributed by atoms with van der Waals surface area (Å²) in [6.07, 6.45) is 5.79. The van der Waals surface area contributed by atoms with Crippen LogP contribution in [0.25, 0.3) is 0 Å². The Hall–Kier alpha value is -1.33. The van der Waals surface area contributed by atoms with Gasteiger partial charge >= 0.3 is 5.97 Å². The van der Waals surface area contributed by atoms with E-state index in [1.54, 1.807) is 19.5 Å². The number of ether oxygens (including phenoxy) is 1. The van der Waals surface area contributed by atoms with Crippen LogP contribution in [-0.2, 0) is 9.53 Å². The molecule has 5 nitrogen and oxygen atoms in total. The highest BCUT2D eigenvalue weighted by atomic mass is 16.5. The van der Waals surface area contributed by atoms with Gasteiger partial charge in [0.25, 0.3) is 0 Å². The molecule has 138 valence electrons. The van der Waals surface area contributed by atoms with Gasteiger partial charge in [0.15, 0.2) is 0 Å². The molecular formula is C20H28O5. The van der Waals surface area contributed by atoms with E-state index in [2.05, 4.69) is 13.8 Å². The third kappa shape index (κ3) is 2.18. The molecule has 1 aromatic heterocycles. The molecule has 0 aromatic carbocycles. The molecule has 3 fully saturated rings. The third-order valence-corrected chi connectivity index (χ3v) is 7.93. The van der Waals surface area contributed by atoms with Gasteiger partial charge in [-0.2, -0.15) is 0 Å². The van der Waals surface area contributed by atoms with Crippen LogP contribution in [0.3, 0.4) is 0 Å². The summed E-state index contributed by atoms with van der Waals surface area (Å²) in [6, 6.07) is 1.85. The van der Waals surface area contributed by atoms with Gasteiger partial charge in [0.05, 0.1) is 30.1 Å². The van der Waals surface area contributed by atoms with Gasteiger partial charge < -0.3 is 19.4 Å². The number of hydrogen-bond acceptors (Lipinski definition) is 5. The van der Waals surface area contributed by atoms with Crippen LogP contribution in [-0.4, -0.2) is 27.9 Å². The Labute approximate surface area is 148 Å². The van der Waals surface area contributed by atoms with E-state index in [1.807, 2.05) is 6.07 Å². The zero-order valence-electron chi connectivity index (χ0n) is 15.2. The maximum Gasteiger partial charge on any atom is 0.310 e. The number of fused-ring (bicyclic) bond motifs is 3. The molecule has 0 amide bonds. The van der Waals surface area contributed by atoms with Gasteiger partial charge in [0.2, 0.25) is 0 Å². The summed E-state index contributed by atoms with van der Waals surface area (Å²) in [5.41, 5.74) is -0.915. The lowest BCUT2D eigenvalue weighted by molar-refractivity contribution is -0.251. The zero-order chi connectivity index (χ0) is 18.0. The van der Waals surface area contributed by atoms with Crippen LogP contribution in [0.2, 0.25) is 0 Å². The second-order valence-corrected chi connectivity index (χ2v) is 8.99. The summed E-state index contributed by atoms with van der Waals surface area (Å²) >= 11 is 0. The summed E-state index contributed by atoms with van der Waals surface area (Å²) in [5, 5.41) is 21.6. The molecule has 0 spiro atoms. The number of aliphatic hydroxyl groups is 2. The van der Waals surface area contributed by atoms with Crippen molar-refractivity contribution >= 4 is 5.97 Å². The van der Waals surface area contributed by atoms with E-state index in [0.717, 1.165) is 24.8 Å². The summed E-state index contributed by atoms with van der Waals surface area (Å²) < 4.78 is 10.9. The predicted octanol–water partition coefficient (Wildman–Crippen LogP) is 3.21. The standard InChI is InChI=1S/C20H28O5/c1-18-10-14(12-7-9-24-11-12)25-17(22)13(18)6-8-19(2)15(18)4-5-16(21)20(19,3)23/h7,9,11,13-16,21,23H,4-6,8,10H2,1-3H3. The monoisotopic (exact) mass is 348 g/mol. The number of carbonyl (C=O) groups excluding carboxylic acids is 1. The highest BCUT2D eigenvalue weighted by Crippen LogP contribution is 2.66. The van der Waals surface area contributed by atoms with E-state index in [1.165, 1.54) is 0 Å². The summed E-state index contributed by atoms with van der Waals surface area (Å²) in [7, 11) is 0. The Morgan fingerprint density at radius 3 is 2.64 bits per heavy atom. The SMILES string of the molecule is CC12CC(c3ccoc3)OC(=O)C1CCC1(C)C2CCC(O)C1(C)O. The second-order valence-electron chi connectivity index (χ2n) is 8.99. The fourth-order valence-electron chi connectivity index (χ4n) is 6.14. The van der Waals surface area contributed by atoms with Crippen LogP contribution >= 0.6 is 0 Å². The van der Waals surface area contributed by atoms with E-state index in [4.69, 9.17) is 9.15 Å². The highest BCUT2D eigenvalue weighted by Gasteiger charge is 2.66. The molecule has 7 unspecified atom stereocenters. The Bertz CT molecular complexity index is 666. The highest BCUT2D eigenvalue weighted by molar-refractivity contribution is 5.75. The average molecular weight is 348 g/mol. The van der Waals surface area contributed by atoms with E-state index >= 15 is 0 Å². The van der Waals surface area contributed by atoms with Gasteiger partial charge in [-0.3, -0.25) is 4.79 Å². The maximum absolute atomic E-state index is 12.8. The molecule has 2 N–H and O–H groups in total. The van der Waals surface area contributed by atoms with E-state index < -0.39 is 17.1 Å². The molecule has 2 heterocycles. The van der Waals surface area contributed by atoms with Gasteiger partial charge in [0, 0.05) is 11.0 Å². The molecule has 2 saturated carbocycles. The number of cyclic esters (lactones) is 1. The lowest BCUT2D eigenvalue weighted by Gasteiger charge is -2.64. The van der Waals surface area contributed by atoms with Crippen LogP contribution in [0.1, 0.15) is 64.5 Å². The zero-order valence-corrected chi connectivity index (χ0v) is 15.2. The first-order chi connectivity index (χ1) is 11.7. The Balaban J connectivity index is 1.74. The second kappa shape index (κ2) is 5.34. The lowest BCUT2D eigenvalue weighted by atomic mass is 9.42. The molecule has 1 saturated heterocycles. The smallest absolute Gasteiger partial charge is 0.310 e. The Kier molecular flexibility index (Phi) is 3.65. The molecule has 4 rings (SSSR count). The van der Waals surface area contributed by atoms with Crippen molar-refractivity contribution in [1.82, 2.24) is 0 Å². The molecule has 25 heavy (non-hydrogen) atoms. The maximum atomic E-state index is 12.8. The quantitative estimate of drug-likeness (QED) is 0.762. The molecule has 1 aromatic rings. The fourth-order valence-corrected chi connectivity index (χ4v) is 6.14. The van der Waals surface area contributed by atoms with E-state index in [9.17, 15) is 15.0 Å². The van der Waals surface area contributed by atoms with Crippen molar-refractivity contribution in [3.63, 3.8) is 0 Å². The first-order valence-electron chi connectivity index (χ1n) is 9.33. The molecule has 5 heteroatoms. The van der Waals surface area contributed by atoms with Gasteiger partial charge in [-0.15, -0.1) is 0 Å². The van der Waals surface area contributed by atoms with E-state index in [0.29, 0.717) is 12.8 Å². The molecule has 7 atom stereocenters. The lowest BCUT2D eigenvalue weighted by Crippen LogP contribution is -2.66. The Morgan fingerprint density at radius 2 is 1.96 bits per heavy atom. The molecule has 3 aliphatic rings. The van der Waals surface area contributed by atoms with Crippen LogP contribution in [0.15, 0.2) is 23.0 Å². The first-order valence-corrected chi connectivity index (χ1v) is 9.33. The van der Waals surface area contributed by atoms with Crippen molar-refractivity contribution in [2.75, 3.05) is 0 Å². The summed E-state index contributed by atoms with van der Waals surface area (Å²) in [6.45, 7) is 6.04. The number of carbonyl (C=O) groups is 1. The van der Waals surface area contributed by atoms with Crippen LogP contribution in [0, 0.1) is 22.7 Å². The number of aliphatic hydroxyl groups excluding tert-OH is 1. The molecule has 0 radical (unpaired) electrons. The minimum absolute atomic E-state index is 0.132. The molecule has 2 aliphatic carbocycles. The average Bonchev–Trinajstić information content (AvgIpc) is 3.06. The minimum atomic E-state index is -1.14.